The largest absolute Gasteiger partial charge is 0.481 e. The highest BCUT2D eigenvalue weighted by Gasteiger charge is 2.27. The third-order valence-corrected chi connectivity index (χ3v) is 4.38. The lowest BCUT2D eigenvalue weighted by atomic mass is 10.0. The van der Waals surface area contributed by atoms with Gasteiger partial charge >= 0.3 is 11.9 Å². The maximum atomic E-state index is 12.7. The van der Waals surface area contributed by atoms with Crippen molar-refractivity contribution in [2.75, 3.05) is 6.54 Å². The highest BCUT2D eigenvalue weighted by atomic mass is 16.4. The Morgan fingerprint density at radius 2 is 1.55 bits per heavy atom. The monoisotopic (exact) mass is 465 g/mol. The van der Waals surface area contributed by atoms with Crippen LogP contribution in [0.15, 0.2) is 30.3 Å². The molecular weight excluding hydrogens is 438 g/mol. The molecule has 0 heterocycles. The molecule has 0 saturated heterocycles. The lowest BCUT2D eigenvalue weighted by Gasteiger charge is -2.22. The minimum absolute atomic E-state index is 0.00699. The average Bonchev–Trinajstić information content (AvgIpc) is 2.74. The maximum Gasteiger partial charge on any atom is 0.326 e. The quantitative estimate of drug-likeness (QED) is 0.153. The van der Waals surface area contributed by atoms with Gasteiger partial charge in [-0.1, -0.05) is 30.3 Å². The number of carbonyl (C=O) groups is 6. The van der Waals surface area contributed by atoms with Crippen LogP contribution in [0.1, 0.15) is 24.8 Å². The van der Waals surface area contributed by atoms with E-state index in [0.29, 0.717) is 5.56 Å². The van der Waals surface area contributed by atoms with Gasteiger partial charge in [0.15, 0.2) is 0 Å². The van der Waals surface area contributed by atoms with Gasteiger partial charge in [0.25, 0.3) is 0 Å². The number of primary amides is 1. The van der Waals surface area contributed by atoms with Crippen molar-refractivity contribution < 1.29 is 39.0 Å². The fourth-order valence-electron chi connectivity index (χ4n) is 2.70. The predicted octanol–water partition coefficient (Wildman–Crippen LogP) is -2.53. The molecule has 0 aromatic heterocycles. The molecule has 3 atom stereocenters. The Kier molecular flexibility index (Phi) is 11.0. The van der Waals surface area contributed by atoms with Crippen LogP contribution in [0.4, 0.5) is 0 Å². The number of carboxylic acid groups (broad SMARTS) is 2. The molecule has 1 aromatic carbocycles. The lowest BCUT2D eigenvalue weighted by molar-refractivity contribution is -0.142. The predicted molar refractivity (Wildman–Crippen MR) is 113 cm³/mol. The van der Waals surface area contributed by atoms with E-state index in [9.17, 15) is 33.9 Å². The summed E-state index contributed by atoms with van der Waals surface area (Å²) in [6.45, 7) is -0.589. The molecule has 3 unspecified atom stereocenters. The topological polar surface area (TPSA) is 231 Å². The Hall–Kier alpha value is -4.00. The first-order valence-corrected chi connectivity index (χ1v) is 9.89. The second-order valence-electron chi connectivity index (χ2n) is 7.14. The second-order valence-corrected chi connectivity index (χ2v) is 7.14. The fraction of sp³-hybridized carbons (Fsp3) is 0.400. The summed E-state index contributed by atoms with van der Waals surface area (Å²) in [7, 11) is 0. The van der Waals surface area contributed by atoms with Crippen molar-refractivity contribution in [3.05, 3.63) is 35.9 Å². The van der Waals surface area contributed by atoms with Crippen LogP contribution in [-0.4, -0.2) is 70.5 Å². The second kappa shape index (κ2) is 13.4. The van der Waals surface area contributed by atoms with E-state index >= 15 is 0 Å². The number of carbonyl (C=O) groups excluding carboxylic acids is 4. The van der Waals surface area contributed by atoms with Crippen molar-refractivity contribution in [2.24, 2.45) is 11.5 Å². The van der Waals surface area contributed by atoms with Gasteiger partial charge in [-0.2, -0.15) is 0 Å². The van der Waals surface area contributed by atoms with Gasteiger partial charge < -0.3 is 37.6 Å². The summed E-state index contributed by atoms with van der Waals surface area (Å²) in [5.74, 6) is -5.88. The SMILES string of the molecule is NC(=O)CCC(NC(=O)C(Cc1ccccc1)NC(=O)CNC(=O)C(N)CC(=O)O)C(=O)O. The number of benzene rings is 1. The summed E-state index contributed by atoms with van der Waals surface area (Å²) in [4.78, 5) is 69.8. The van der Waals surface area contributed by atoms with Gasteiger partial charge in [-0.3, -0.25) is 24.0 Å². The maximum absolute atomic E-state index is 12.7. The molecule has 9 N–H and O–H groups in total. The van der Waals surface area contributed by atoms with Crippen molar-refractivity contribution in [2.45, 2.75) is 43.8 Å². The van der Waals surface area contributed by atoms with E-state index in [4.69, 9.17) is 16.6 Å². The molecule has 0 aliphatic heterocycles. The minimum Gasteiger partial charge on any atom is -0.481 e. The standard InChI is InChI=1S/C20H27N5O8/c21-12(9-17(28)29)18(30)23-10-16(27)24-14(8-11-4-2-1-3-5-11)19(31)25-13(20(32)33)6-7-15(22)26/h1-5,12-14H,6-10,21H2,(H2,22,26)(H,23,30)(H,24,27)(H,25,31)(H,28,29)(H,32,33). The summed E-state index contributed by atoms with van der Waals surface area (Å²) < 4.78 is 0. The van der Waals surface area contributed by atoms with Gasteiger partial charge in [-0.15, -0.1) is 0 Å². The van der Waals surface area contributed by atoms with Crippen LogP contribution in [0, 0.1) is 0 Å². The van der Waals surface area contributed by atoms with Gasteiger partial charge in [-0.25, -0.2) is 4.79 Å². The number of carboxylic acids is 2. The Morgan fingerprint density at radius 3 is 2.09 bits per heavy atom. The number of hydrogen-bond donors (Lipinski definition) is 7. The molecule has 180 valence electrons. The molecule has 13 nitrogen and oxygen atoms in total. The lowest BCUT2D eigenvalue weighted by Crippen LogP contribution is -2.54. The third-order valence-electron chi connectivity index (χ3n) is 4.38. The molecule has 0 bridgehead atoms. The van der Waals surface area contributed by atoms with Gasteiger partial charge in [0, 0.05) is 12.8 Å². The van der Waals surface area contributed by atoms with Crippen LogP contribution < -0.4 is 27.4 Å². The number of aliphatic carboxylic acids is 2. The molecule has 0 saturated carbocycles. The highest BCUT2D eigenvalue weighted by molar-refractivity contribution is 5.93. The van der Waals surface area contributed by atoms with Crippen LogP contribution in [0.3, 0.4) is 0 Å². The molecule has 13 heteroatoms. The number of nitrogens with two attached hydrogens (primary N) is 2. The van der Waals surface area contributed by atoms with Gasteiger partial charge in [0.05, 0.1) is 19.0 Å². The van der Waals surface area contributed by atoms with Crippen molar-refractivity contribution >= 4 is 35.6 Å². The van der Waals surface area contributed by atoms with E-state index in [-0.39, 0.29) is 19.3 Å². The first kappa shape index (κ1) is 27.0. The zero-order valence-corrected chi connectivity index (χ0v) is 17.7. The zero-order chi connectivity index (χ0) is 25.0. The number of amides is 4. The number of rotatable bonds is 14. The van der Waals surface area contributed by atoms with Crippen LogP contribution in [0.25, 0.3) is 0 Å². The fourth-order valence-corrected chi connectivity index (χ4v) is 2.70. The smallest absolute Gasteiger partial charge is 0.326 e. The molecule has 33 heavy (non-hydrogen) atoms. The van der Waals surface area contributed by atoms with E-state index in [1.165, 1.54) is 0 Å². The van der Waals surface area contributed by atoms with Crippen LogP contribution >= 0.6 is 0 Å². The zero-order valence-electron chi connectivity index (χ0n) is 17.7. The Labute approximate surface area is 188 Å². The molecular formula is C20H27N5O8. The first-order chi connectivity index (χ1) is 15.5. The summed E-state index contributed by atoms with van der Waals surface area (Å²) in [6.07, 6.45) is -1.13. The van der Waals surface area contributed by atoms with E-state index in [1.54, 1.807) is 30.3 Å². The van der Waals surface area contributed by atoms with E-state index in [2.05, 4.69) is 16.0 Å². The molecule has 0 radical (unpaired) electrons. The molecule has 1 rings (SSSR count). The first-order valence-electron chi connectivity index (χ1n) is 9.89. The van der Waals surface area contributed by atoms with Crippen molar-refractivity contribution in [3.63, 3.8) is 0 Å². The summed E-state index contributed by atoms with van der Waals surface area (Å²) in [5.41, 5.74) is 11.1. The summed E-state index contributed by atoms with van der Waals surface area (Å²) >= 11 is 0. The summed E-state index contributed by atoms with van der Waals surface area (Å²) in [5, 5.41) is 24.8. The molecule has 4 amide bonds. The van der Waals surface area contributed by atoms with Gasteiger partial charge in [0.1, 0.15) is 12.1 Å². The van der Waals surface area contributed by atoms with Gasteiger partial charge in [0.2, 0.25) is 23.6 Å². The molecule has 0 aliphatic rings. The van der Waals surface area contributed by atoms with Crippen LogP contribution in [0.2, 0.25) is 0 Å². The van der Waals surface area contributed by atoms with Crippen LogP contribution in [-0.2, 0) is 35.2 Å². The van der Waals surface area contributed by atoms with Crippen molar-refractivity contribution in [3.8, 4) is 0 Å². The summed E-state index contributed by atoms with van der Waals surface area (Å²) in [6, 6.07) is 4.58. The Morgan fingerprint density at radius 1 is 0.909 bits per heavy atom. The highest BCUT2D eigenvalue weighted by Crippen LogP contribution is 2.05. The minimum atomic E-state index is -1.41. The molecule has 0 aliphatic carbocycles. The number of hydrogen-bond acceptors (Lipinski definition) is 7. The molecule has 0 fully saturated rings. The van der Waals surface area contributed by atoms with Crippen molar-refractivity contribution in [1.82, 2.24) is 16.0 Å². The molecule has 1 aromatic rings. The van der Waals surface area contributed by atoms with Crippen LogP contribution in [0.5, 0.6) is 0 Å². The Bertz CT molecular complexity index is 876. The Balaban J connectivity index is 2.84. The average molecular weight is 465 g/mol. The van der Waals surface area contributed by atoms with Crippen molar-refractivity contribution in [1.29, 1.82) is 0 Å². The van der Waals surface area contributed by atoms with E-state index in [0.717, 1.165) is 0 Å². The normalized spacial score (nSPS) is 13.1. The number of nitrogens with one attached hydrogen (secondary N) is 3. The van der Waals surface area contributed by atoms with Gasteiger partial charge in [-0.05, 0) is 12.0 Å². The van der Waals surface area contributed by atoms with E-state index < -0.39 is 66.7 Å². The van der Waals surface area contributed by atoms with E-state index in [1.807, 2.05) is 0 Å². The molecule has 0 spiro atoms. The third kappa shape index (κ3) is 10.7.